The van der Waals surface area contributed by atoms with Gasteiger partial charge in [0, 0.05) is 12.6 Å². The van der Waals surface area contributed by atoms with Gasteiger partial charge in [0.2, 0.25) is 0 Å². The lowest BCUT2D eigenvalue weighted by molar-refractivity contribution is -0.145. The second-order valence-corrected chi connectivity index (χ2v) is 5.11. The maximum atomic E-state index is 12.3. The van der Waals surface area contributed by atoms with E-state index in [1.54, 1.807) is 4.90 Å². The van der Waals surface area contributed by atoms with Crippen molar-refractivity contribution in [1.29, 1.82) is 0 Å². The normalized spacial score (nSPS) is 17.0. The molecule has 0 aromatic carbocycles. The number of rotatable bonds is 7. The number of carboxylic acid groups (broad SMARTS) is 2. The molecule has 0 saturated carbocycles. The van der Waals surface area contributed by atoms with Gasteiger partial charge in [-0.05, 0) is 32.4 Å². The number of nitrogens with zero attached hydrogens (tertiary/aromatic N) is 1. The minimum Gasteiger partial charge on any atom is -0.481 e. The number of piperidine rings is 1. The zero-order valence-corrected chi connectivity index (χ0v) is 12.2. The third-order valence-electron chi connectivity index (χ3n) is 3.45. The van der Waals surface area contributed by atoms with E-state index < -0.39 is 30.4 Å². The number of carbonyl (C=O) groups excluding carboxylic acids is 1. The summed E-state index contributed by atoms with van der Waals surface area (Å²) >= 11 is 0. The quantitative estimate of drug-likeness (QED) is 0.529. The first-order valence-electron chi connectivity index (χ1n) is 7.18. The average molecular weight is 301 g/mol. The molecule has 1 aliphatic rings. The maximum Gasteiger partial charge on any atom is 0.326 e. The van der Waals surface area contributed by atoms with Gasteiger partial charge in [0.25, 0.3) is 0 Å². The van der Waals surface area contributed by atoms with Gasteiger partial charge in [-0.3, -0.25) is 4.79 Å². The number of hydrogen-bond acceptors (Lipinski definition) is 4. The van der Waals surface area contributed by atoms with Gasteiger partial charge in [0.15, 0.2) is 0 Å². The number of hydrogen-bond donors (Lipinski definition) is 4. The zero-order chi connectivity index (χ0) is 15.8. The molecule has 0 aromatic rings. The smallest absolute Gasteiger partial charge is 0.326 e. The van der Waals surface area contributed by atoms with Gasteiger partial charge in [0.1, 0.15) is 6.04 Å². The fraction of sp³-hybridized carbons (Fsp3) is 0.769. The first-order valence-corrected chi connectivity index (χ1v) is 7.18. The van der Waals surface area contributed by atoms with Crippen LogP contribution < -0.4 is 10.6 Å². The third kappa shape index (κ3) is 5.58. The molecule has 1 aliphatic heterocycles. The number of amides is 2. The first-order chi connectivity index (χ1) is 9.95. The molecule has 0 aliphatic carbocycles. The van der Waals surface area contributed by atoms with Crippen LogP contribution in [0.5, 0.6) is 0 Å². The molecule has 120 valence electrons. The van der Waals surface area contributed by atoms with Crippen LogP contribution >= 0.6 is 0 Å². The van der Waals surface area contributed by atoms with E-state index >= 15 is 0 Å². The lowest BCUT2D eigenvalue weighted by Gasteiger charge is -2.35. The molecule has 1 fully saturated rings. The van der Waals surface area contributed by atoms with Crippen molar-refractivity contribution in [3.63, 3.8) is 0 Å². The summed E-state index contributed by atoms with van der Waals surface area (Å²) in [5.74, 6) is -2.60. The SMILES string of the molecule is CCCN(C(=O)NC(CC(=O)O)C(=O)O)C1CCNCC1. The Bertz CT molecular complexity index is 382. The predicted octanol–water partition coefficient (Wildman–Crippen LogP) is 0.0879. The summed E-state index contributed by atoms with van der Waals surface area (Å²) in [5.41, 5.74) is 0. The number of carbonyl (C=O) groups is 3. The van der Waals surface area contributed by atoms with E-state index in [2.05, 4.69) is 10.6 Å². The van der Waals surface area contributed by atoms with Crippen molar-refractivity contribution >= 4 is 18.0 Å². The second kappa shape index (κ2) is 8.46. The Morgan fingerprint density at radius 1 is 1.29 bits per heavy atom. The molecular weight excluding hydrogens is 278 g/mol. The molecule has 4 N–H and O–H groups in total. The van der Waals surface area contributed by atoms with Gasteiger partial charge in [-0.15, -0.1) is 0 Å². The topological polar surface area (TPSA) is 119 Å². The lowest BCUT2D eigenvalue weighted by atomic mass is 10.0. The standard InChI is InChI=1S/C13H23N3O5/c1-2-7-16(9-3-5-14-6-4-9)13(21)15-10(12(19)20)8-11(17)18/h9-10,14H,2-8H2,1H3,(H,15,21)(H,17,18)(H,19,20). The highest BCUT2D eigenvalue weighted by molar-refractivity contribution is 5.86. The molecule has 8 nitrogen and oxygen atoms in total. The van der Waals surface area contributed by atoms with E-state index in [1.807, 2.05) is 6.92 Å². The molecule has 21 heavy (non-hydrogen) atoms. The third-order valence-corrected chi connectivity index (χ3v) is 3.45. The van der Waals surface area contributed by atoms with E-state index in [0.717, 1.165) is 32.4 Å². The summed E-state index contributed by atoms with van der Waals surface area (Å²) in [6, 6.07) is -1.85. The van der Waals surface area contributed by atoms with Gasteiger partial charge in [-0.2, -0.15) is 0 Å². The fourth-order valence-electron chi connectivity index (χ4n) is 2.42. The van der Waals surface area contributed by atoms with Crippen LogP contribution in [-0.4, -0.2) is 64.8 Å². The fourth-order valence-corrected chi connectivity index (χ4v) is 2.42. The molecule has 1 saturated heterocycles. The summed E-state index contributed by atoms with van der Waals surface area (Å²) in [4.78, 5) is 35.6. The molecular formula is C13H23N3O5. The Labute approximate surface area is 123 Å². The van der Waals surface area contributed by atoms with Crippen LogP contribution in [0.15, 0.2) is 0 Å². The minimum atomic E-state index is -1.41. The van der Waals surface area contributed by atoms with Crippen LogP contribution in [0.1, 0.15) is 32.6 Å². The Morgan fingerprint density at radius 2 is 1.90 bits per heavy atom. The molecule has 0 bridgehead atoms. The molecule has 0 aromatic heterocycles. The van der Waals surface area contributed by atoms with Crippen LogP contribution in [0.2, 0.25) is 0 Å². The number of carboxylic acids is 2. The molecule has 0 spiro atoms. The largest absolute Gasteiger partial charge is 0.481 e. The number of aliphatic carboxylic acids is 2. The van der Waals surface area contributed by atoms with E-state index in [1.165, 1.54) is 0 Å². The molecule has 1 heterocycles. The first kappa shape index (κ1) is 17.2. The minimum absolute atomic E-state index is 0.0606. The van der Waals surface area contributed by atoms with Gasteiger partial charge in [0.05, 0.1) is 6.42 Å². The average Bonchev–Trinajstić information content (AvgIpc) is 2.44. The zero-order valence-electron chi connectivity index (χ0n) is 12.2. The van der Waals surface area contributed by atoms with Crippen LogP contribution in [-0.2, 0) is 9.59 Å². The summed E-state index contributed by atoms with van der Waals surface area (Å²) in [5, 5.41) is 23.2. The highest BCUT2D eigenvalue weighted by Gasteiger charge is 2.29. The monoisotopic (exact) mass is 301 g/mol. The molecule has 0 radical (unpaired) electrons. The molecule has 1 rings (SSSR count). The van der Waals surface area contributed by atoms with Crippen molar-refractivity contribution in [3.8, 4) is 0 Å². The highest BCUT2D eigenvalue weighted by Crippen LogP contribution is 2.13. The predicted molar refractivity (Wildman–Crippen MR) is 75.1 cm³/mol. The van der Waals surface area contributed by atoms with Crippen molar-refractivity contribution in [2.75, 3.05) is 19.6 Å². The highest BCUT2D eigenvalue weighted by atomic mass is 16.4. The molecule has 1 atom stereocenters. The number of urea groups is 1. The molecule has 2 amide bonds. The molecule has 8 heteroatoms. The van der Waals surface area contributed by atoms with Crippen molar-refractivity contribution < 1.29 is 24.6 Å². The van der Waals surface area contributed by atoms with Crippen molar-refractivity contribution in [3.05, 3.63) is 0 Å². The summed E-state index contributed by atoms with van der Waals surface area (Å²) in [6.07, 6.45) is 1.75. The van der Waals surface area contributed by atoms with Crippen molar-refractivity contribution in [1.82, 2.24) is 15.5 Å². The van der Waals surface area contributed by atoms with Gasteiger partial charge in [-0.1, -0.05) is 6.92 Å². The van der Waals surface area contributed by atoms with Gasteiger partial charge >= 0.3 is 18.0 Å². The number of nitrogens with one attached hydrogen (secondary N) is 2. The van der Waals surface area contributed by atoms with Crippen LogP contribution in [0.25, 0.3) is 0 Å². The van der Waals surface area contributed by atoms with E-state index in [0.29, 0.717) is 6.54 Å². The summed E-state index contributed by atoms with van der Waals surface area (Å²) < 4.78 is 0. The maximum absolute atomic E-state index is 12.3. The van der Waals surface area contributed by atoms with E-state index in [9.17, 15) is 14.4 Å². The summed E-state index contributed by atoms with van der Waals surface area (Å²) in [6.45, 7) is 4.09. The molecule has 1 unspecified atom stereocenters. The van der Waals surface area contributed by atoms with Gasteiger partial charge in [-0.25, -0.2) is 9.59 Å². The van der Waals surface area contributed by atoms with Gasteiger partial charge < -0.3 is 25.7 Å². The van der Waals surface area contributed by atoms with Crippen LogP contribution in [0.3, 0.4) is 0 Å². The van der Waals surface area contributed by atoms with Crippen LogP contribution in [0, 0.1) is 0 Å². The van der Waals surface area contributed by atoms with Crippen LogP contribution in [0.4, 0.5) is 4.79 Å². The Balaban J connectivity index is 2.69. The van der Waals surface area contributed by atoms with E-state index in [-0.39, 0.29) is 6.04 Å². The van der Waals surface area contributed by atoms with E-state index in [4.69, 9.17) is 10.2 Å². The summed E-state index contributed by atoms with van der Waals surface area (Å²) in [7, 11) is 0. The van der Waals surface area contributed by atoms with Crippen molar-refractivity contribution in [2.45, 2.75) is 44.7 Å². The Hall–Kier alpha value is -1.83. The lowest BCUT2D eigenvalue weighted by Crippen LogP contribution is -2.54. The Kier molecular flexibility index (Phi) is 6.93. The second-order valence-electron chi connectivity index (χ2n) is 5.11. The Morgan fingerprint density at radius 3 is 2.38 bits per heavy atom. The van der Waals surface area contributed by atoms with Crippen molar-refractivity contribution in [2.24, 2.45) is 0 Å².